The molecule has 0 aromatic carbocycles. The minimum Gasteiger partial charge on any atom is -0.459 e. The quantitative estimate of drug-likeness (QED) is 0.683. The van der Waals surface area contributed by atoms with Crippen molar-refractivity contribution in [1.82, 2.24) is 24.9 Å². The van der Waals surface area contributed by atoms with Gasteiger partial charge in [0.15, 0.2) is 11.5 Å². The molecule has 0 atom stereocenters. The molecule has 0 spiro atoms. The summed E-state index contributed by atoms with van der Waals surface area (Å²) >= 11 is 0. The number of aromatic amines is 1. The highest BCUT2D eigenvalue weighted by molar-refractivity contribution is 6.00. The van der Waals surface area contributed by atoms with E-state index in [0.29, 0.717) is 34.0 Å². The highest BCUT2D eigenvalue weighted by Gasteiger charge is 2.23. The van der Waals surface area contributed by atoms with E-state index in [1.54, 1.807) is 32.1 Å². The first kappa shape index (κ1) is 17.7. The molecule has 8 heteroatoms. The van der Waals surface area contributed by atoms with Gasteiger partial charge >= 0.3 is 5.97 Å². The number of ether oxygens (including phenoxy) is 1. The lowest BCUT2D eigenvalue weighted by atomic mass is 10.1. The molecule has 0 bridgehead atoms. The predicted molar refractivity (Wildman–Crippen MR) is 95.0 cm³/mol. The number of carbonyl (C=O) groups excluding carboxylic acids is 2. The molecule has 0 fully saturated rings. The van der Waals surface area contributed by atoms with Crippen molar-refractivity contribution < 1.29 is 14.3 Å². The van der Waals surface area contributed by atoms with Crippen molar-refractivity contribution in [3.8, 4) is 0 Å². The second kappa shape index (κ2) is 6.99. The summed E-state index contributed by atoms with van der Waals surface area (Å²) in [5.41, 5.74) is 2.62. The number of hydrogen-bond donors (Lipinski definition) is 2. The zero-order valence-corrected chi connectivity index (χ0v) is 15.2. The highest BCUT2D eigenvalue weighted by Crippen LogP contribution is 2.19. The standard InChI is InChI=1S/C18H21N5O3/c1-10(2)26-18(25)15-11(3)16(20-12(15)4)17(24)19-9-14-22-21-13-7-5-6-8-23(13)14/h5-8,10,20H,9H2,1-4H3,(H,19,24). The Bertz CT molecular complexity index is 971. The number of aromatic nitrogens is 4. The fourth-order valence-corrected chi connectivity index (χ4v) is 2.82. The van der Waals surface area contributed by atoms with Crippen LogP contribution in [0.25, 0.3) is 5.65 Å². The number of H-pyrrole nitrogens is 1. The van der Waals surface area contributed by atoms with Gasteiger partial charge < -0.3 is 15.0 Å². The molecule has 0 radical (unpaired) electrons. The van der Waals surface area contributed by atoms with Gasteiger partial charge in [-0.15, -0.1) is 10.2 Å². The van der Waals surface area contributed by atoms with Crippen LogP contribution in [-0.2, 0) is 11.3 Å². The smallest absolute Gasteiger partial charge is 0.340 e. The summed E-state index contributed by atoms with van der Waals surface area (Å²) in [6, 6.07) is 5.57. The van der Waals surface area contributed by atoms with Crippen LogP contribution in [0.2, 0.25) is 0 Å². The van der Waals surface area contributed by atoms with E-state index in [4.69, 9.17) is 4.74 Å². The summed E-state index contributed by atoms with van der Waals surface area (Å²) in [6.45, 7) is 7.25. The minimum atomic E-state index is -0.436. The molecule has 0 aliphatic carbocycles. The fraction of sp³-hybridized carbons (Fsp3) is 0.333. The van der Waals surface area contributed by atoms with Gasteiger partial charge in [-0.3, -0.25) is 9.20 Å². The third-order valence-electron chi connectivity index (χ3n) is 4.00. The maximum absolute atomic E-state index is 12.6. The summed E-state index contributed by atoms with van der Waals surface area (Å²) in [6.07, 6.45) is 1.61. The number of pyridine rings is 1. The van der Waals surface area contributed by atoms with Gasteiger partial charge in [-0.05, 0) is 45.4 Å². The van der Waals surface area contributed by atoms with Crippen LogP contribution in [0, 0.1) is 13.8 Å². The topological polar surface area (TPSA) is 101 Å². The van der Waals surface area contributed by atoms with E-state index in [9.17, 15) is 9.59 Å². The van der Waals surface area contributed by atoms with Gasteiger partial charge in [0.25, 0.3) is 5.91 Å². The molecule has 3 aromatic heterocycles. The SMILES string of the molecule is Cc1[nH]c(C(=O)NCc2nnc3ccccn23)c(C)c1C(=O)OC(C)C. The molecule has 0 unspecified atom stereocenters. The first-order valence-corrected chi connectivity index (χ1v) is 8.35. The van der Waals surface area contributed by atoms with Crippen LogP contribution in [0.4, 0.5) is 0 Å². The minimum absolute atomic E-state index is 0.216. The van der Waals surface area contributed by atoms with Crippen LogP contribution in [0.15, 0.2) is 24.4 Å². The summed E-state index contributed by atoms with van der Waals surface area (Å²) in [4.78, 5) is 27.8. The third kappa shape index (κ3) is 3.30. The summed E-state index contributed by atoms with van der Waals surface area (Å²) in [5, 5.41) is 10.9. The van der Waals surface area contributed by atoms with E-state index < -0.39 is 5.97 Å². The van der Waals surface area contributed by atoms with Gasteiger partial charge in [0.2, 0.25) is 0 Å². The van der Waals surface area contributed by atoms with Crippen molar-refractivity contribution >= 4 is 17.5 Å². The molecule has 136 valence electrons. The Hall–Kier alpha value is -3.16. The number of esters is 1. The number of rotatable bonds is 5. The van der Waals surface area contributed by atoms with Gasteiger partial charge in [0, 0.05) is 11.9 Å². The fourth-order valence-electron chi connectivity index (χ4n) is 2.82. The van der Waals surface area contributed by atoms with Crippen molar-refractivity contribution in [2.75, 3.05) is 0 Å². The molecule has 3 rings (SSSR count). The number of fused-ring (bicyclic) bond motifs is 1. The van der Waals surface area contributed by atoms with E-state index >= 15 is 0 Å². The monoisotopic (exact) mass is 355 g/mol. The Morgan fingerprint density at radius 1 is 1.27 bits per heavy atom. The van der Waals surface area contributed by atoms with E-state index in [1.165, 1.54) is 0 Å². The van der Waals surface area contributed by atoms with E-state index in [-0.39, 0.29) is 18.6 Å². The van der Waals surface area contributed by atoms with E-state index in [0.717, 1.165) is 0 Å². The number of amides is 1. The summed E-state index contributed by atoms with van der Waals surface area (Å²) in [5.74, 6) is -0.134. The molecule has 8 nitrogen and oxygen atoms in total. The summed E-state index contributed by atoms with van der Waals surface area (Å²) < 4.78 is 7.05. The Morgan fingerprint density at radius 3 is 2.77 bits per heavy atom. The van der Waals surface area contributed by atoms with Gasteiger partial charge in [-0.25, -0.2) is 4.79 Å². The van der Waals surface area contributed by atoms with Crippen LogP contribution in [-0.4, -0.2) is 37.6 Å². The zero-order chi connectivity index (χ0) is 18.8. The van der Waals surface area contributed by atoms with Crippen molar-refractivity contribution in [1.29, 1.82) is 0 Å². The van der Waals surface area contributed by atoms with Crippen molar-refractivity contribution in [2.24, 2.45) is 0 Å². The van der Waals surface area contributed by atoms with Crippen LogP contribution in [0.5, 0.6) is 0 Å². The lowest BCUT2D eigenvalue weighted by Crippen LogP contribution is -2.25. The Balaban J connectivity index is 1.77. The average molecular weight is 355 g/mol. The second-order valence-electron chi connectivity index (χ2n) is 6.31. The number of carbonyl (C=O) groups is 2. The Kier molecular flexibility index (Phi) is 4.75. The molecule has 3 heterocycles. The largest absolute Gasteiger partial charge is 0.459 e. The number of hydrogen-bond acceptors (Lipinski definition) is 5. The number of aryl methyl sites for hydroxylation is 1. The lowest BCUT2D eigenvalue weighted by Gasteiger charge is -2.08. The molecule has 26 heavy (non-hydrogen) atoms. The molecule has 2 N–H and O–H groups in total. The van der Waals surface area contributed by atoms with Crippen molar-refractivity contribution in [2.45, 2.75) is 40.3 Å². The maximum atomic E-state index is 12.6. The zero-order valence-electron chi connectivity index (χ0n) is 15.2. The third-order valence-corrected chi connectivity index (χ3v) is 4.00. The van der Waals surface area contributed by atoms with Gasteiger partial charge in [0.05, 0.1) is 18.2 Å². The van der Waals surface area contributed by atoms with Crippen LogP contribution in [0.3, 0.4) is 0 Å². The van der Waals surface area contributed by atoms with Crippen molar-refractivity contribution in [3.63, 3.8) is 0 Å². The van der Waals surface area contributed by atoms with Crippen LogP contribution in [0.1, 0.15) is 51.8 Å². The average Bonchev–Trinajstić information content (AvgIpc) is 3.13. The summed E-state index contributed by atoms with van der Waals surface area (Å²) in [7, 11) is 0. The van der Waals surface area contributed by atoms with Crippen molar-refractivity contribution in [3.05, 3.63) is 52.7 Å². The highest BCUT2D eigenvalue weighted by atomic mass is 16.5. The molecule has 0 aliphatic heterocycles. The van der Waals surface area contributed by atoms with E-state index in [1.807, 2.05) is 24.4 Å². The van der Waals surface area contributed by atoms with Crippen LogP contribution >= 0.6 is 0 Å². The Morgan fingerprint density at radius 2 is 2.04 bits per heavy atom. The van der Waals surface area contributed by atoms with Gasteiger partial charge in [0.1, 0.15) is 5.69 Å². The normalized spacial score (nSPS) is 11.1. The molecular formula is C18H21N5O3. The second-order valence-corrected chi connectivity index (χ2v) is 6.31. The first-order chi connectivity index (χ1) is 12.4. The van der Waals surface area contributed by atoms with Gasteiger partial charge in [-0.1, -0.05) is 6.07 Å². The van der Waals surface area contributed by atoms with Crippen LogP contribution < -0.4 is 5.32 Å². The number of nitrogens with zero attached hydrogens (tertiary/aromatic N) is 3. The first-order valence-electron chi connectivity index (χ1n) is 8.35. The molecule has 0 saturated heterocycles. The van der Waals surface area contributed by atoms with Gasteiger partial charge in [-0.2, -0.15) is 0 Å². The van der Waals surface area contributed by atoms with E-state index in [2.05, 4.69) is 20.5 Å². The predicted octanol–water partition coefficient (Wildman–Crippen LogP) is 2.17. The molecule has 3 aromatic rings. The molecular weight excluding hydrogens is 334 g/mol. The lowest BCUT2D eigenvalue weighted by molar-refractivity contribution is 0.0376. The molecule has 0 aliphatic rings. The molecule has 1 amide bonds. The number of nitrogens with one attached hydrogen (secondary N) is 2. The maximum Gasteiger partial charge on any atom is 0.340 e. The Labute approximate surface area is 150 Å². The molecule has 0 saturated carbocycles.